The van der Waals surface area contributed by atoms with Crippen LogP contribution in [0, 0.1) is 0 Å². The molecule has 2 aromatic carbocycles. The minimum atomic E-state index is -0.0366. The smallest absolute Gasteiger partial charge is 0.276 e. The zero-order valence-electron chi connectivity index (χ0n) is 17.4. The Balaban J connectivity index is 1.84. The standard InChI is InChI=1S/C24H24BrN3OS/c1-4-17-7-6-8-20-18(13-21-23(29)28(5-2)24(30)26(21)3)15-27(22(17)20)14-16-9-11-19(25)12-10-16/h6-13,15H,4-5,14H2,1-3H3/b21-13-. The number of aryl methyl sites for hydroxylation is 1. The number of nitrogens with zero attached hydrogens (tertiary/aromatic N) is 3. The van der Waals surface area contributed by atoms with E-state index in [1.807, 2.05) is 24.9 Å². The molecule has 0 spiro atoms. The van der Waals surface area contributed by atoms with E-state index in [4.69, 9.17) is 12.2 Å². The predicted molar refractivity (Wildman–Crippen MR) is 130 cm³/mol. The second-order valence-electron chi connectivity index (χ2n) is 7.43. The first kappa shape index (κ1) is 20.8. The fourth-order valence-corrected chi connectivity index (χ4v) is 4.59. The van der Waals surface area contributed by atoms with Crippen LogP contribution in [0.3, 0.4) is 0 Å². The van der Waals surface area contributed by atoms with Crippen LogP contribution in [0.25, 0.3) is 17.0 Å². The molecule has 1 amide bonds. The number of carbonyl (C=O) groups is 1. The number of amides is 1. The van der Waals surface area contributed by atoms with E-state index >= 15 is 0 Å². The van der Waals surface area contributed by atoms with Crippen molar-refractivity contribution >= 4 is 56.1 Å². The number of benzene rings is 2. The van der Waals surface area contributed by atoms with Gasteiger partial charge in [-0.2, -0.15) is 0 Å². The fourth-order valence-electron chi connectivity index (χ4n) is 4.01. The van der Waals surface area contributed by atoms with Crippen molar-refractivity contribution in [1.29, 1.82) is 0 Å². The summed E-state index contributed by atoms with van der Waals surface area (Å²) in [7, 11) is 1.86. The SMILES string of the molecule is CCc1cccc2c(/C=C3/C(=O)N(CC)C(=S)N3C)cn(Cc3ccc(Br)cc3)c12. The highest BCUT2D eigenvalue weighted by atomic mass is 79.9. The minimum absolute atomic E-state index is 0.0366. The van der Waals surface area contributed by atoms with Gasteiger partial charge in [-0.15, -0.1) is 0 Å². The Morgan fingerprint density at radius 2 is 1.83 bits per heavy atom. The van der Waals surface area contributed by atoms with Crippen LogP contribution in [0.2, 0.25) is 0 Å². The average Bonchev–Trinajstić information content (AvgIpc) is 3.19. The van der Waals surface area contributed by atoms with Crippen LogP contribution >= 0.6 is 28.1 Å². The quantitative estimate of drug-likeness (QED) is 0.359. The van der Waals surface area contributed by atoms with Crippen molar-refractivity contribution in [2.45, 2.75) is 26.8 Å². The highest BCUT2D eigenvalue weighted by molar-refractivity contribution is 9.10. The van der Waals surface area contributed by atoms with Gasteiger partial charge in [-0.05, 0) is 54.9 Å². The lowest BCUT2D eigenvalue weighted by Gasteiger charge is -2.13. The lowest BCUT2D eigenvalue weighted by Crippen LogP contribution is -2.30. The van der Waals surface area contributed by atoms with Crippen LogP contribution < -0.4 is 0 Å². The van der Waals surface area contributed by atoms with E-state index in [1.165, 1.54) is 16.6 Å². The van der Waals surface area contributed by atoms with Gasteiger partial charge in [0.1, 0.15) is 5.70 Å². The molecular weight excluding hydrogens is 458 g/mol. The maximum Gasteiger partial charge on any atom is 0.276 e. The van der Waals surface area contributed by atoms with Gasteiger partial charge in [0.25, 0.3) is 5.91 Å². The molecule has 0 radical (unpaired) electrons. The summed E-state index contributed by atoms with van der Waals surface area (Å²) in [5.74, 6) is -0.0366. The van der Waals surface area contributed by atoms with Crippen molar-refractivity contribution < 1.29 is 4.79 Å². The second kappa shape index (κ2) is 8.36. The molecule has 6 heteroatoms. The molecule has 0 unspecified atom stereocenters. The van der Waals surface area contributed by atoms with Crippen molar-refractivity contribution in [2.24, 2.45) is 0 Å². The maximum atomic E-state index is 12.9. The van der Waals surface area contributed by atoms with Crippen molar-refractivity contribution in [2.75, 3.05) is 13.6 Å². The zero-order chi connectivity index (χ0) is 21.4. The number of likely N-dealkylation sites (N-methyl/N-ethyl adjacent to an activating group) is 2. The lowest BCUT2D eigenvalue weighted by molar-refractivity contribution is -0.122. The van der Waals surface area contributed by atoms with E-state index in [0.29, 0.717) is 17.4 Å². The fraction of sp³-hybridized carbons (Fsp3) is 0.250. The van der Waals surface area contributed by atoms with Gasteiger partial charge in [-0.1, -0.05) is 53.2 Å². The summed E-state index contributed by atoms with van der Waals surface area (Å²) in [4.78, 5) is 16.3. The lowest BCUT2D eigenvalue weighted by atomic mass is 10.1. The number of fused-ring (bicyclic) bond motifs is 1. The Morgan fingerprint density at radius 1 is 1.10 bits per heavy atom. The first-order chi connectivity index (χ1) is 14.4. The Kier molecular flexibility index (Phi) is 5.80. The molecule has 1 aliphatic rings. The highest BCUT2D eigenvalue weighted by Gasteiger charge is 2.34. The van der Waals surface area contributed by atoms with E-state index in [-0.39, 0.29) is 5.91 Å². The van der Waals surface area contributed by atoms with Crippen molar-refractivity contribution in [3.63, 3.8) is 0 Å². The second-order valence-corrected chi connectivity index (χ2v) is 8.71. The number of thiocarbonyl (C=S) groups is 1. The molecule has 0 N–H and O–H groups in total. The molecule has 3 aromatic rings. The van der Waals surface area contributed by atoms with E-state index in [0.717, 1.165) is 28.4 Å². The summed E-state index contributed by atoms with van der Waals surface area (Å²) in [6.07, 6.45) is 5.08. The van der Waals surface area contributed by atoms with Gasteiger partial charge in [0.05, 0.1) is 5.52 Å². The van der Waals surface area contributed by atoms with Crippen molar-refractivity contribution in [3.05, 3.63) is 75.5 Å². The van der Waals surface area contributed by atoms with E-state index < -0.39 is 0 Å². The maximum absolute atomic E-state index is 12.9. The van der Waals surface area contributed by atoms with Gasteiger partial charge in [0, 0.05) is 41.8 Å². The Bertz CT molecular complexity index is 1160. The zero-order valence-corrected chi connectivity index (χ0v) is 19.8. The Hall–Kier alpha value is -2.44. The molecular formula is C24H24BrN3OS. The van der Waals surface area contributed by atoms with Crippen LogP contribution in [0.1, 0.15) is 30.5 Å². The monoisotopic (exact) mass is 481 g/mol. The molecule has 1 aromatic heterocycles. The first-order valence-electron chi connectivity index (χ1n) is 10.1. The summed E-state index contributed by atoms with van der Waals surface area (Å²) >= 11 is 8.96. The summed E-state index contributed by atoms with van der Waals surface area (Å²) in [5, 5.41) is 1.71. The average molecular weight is 482 g/mol. The van der Waals surface area contributed by atoms with Crippen LogP contribution in [-0.4, -0.2) is 39.0 Å². The van der Waals surface area contributed by atoms with Gasteiger partial charge in [0.2, 0.25) is 0 Å². The molecule has 1 saturated heterocycles. The number of hydrogen-bond donors (Lipinski definition) is 0. The largest absolute Gasteiger partial charge is 0.342 e. The number of halogens is 1. The molecule has 0 atom stereocenters. The van der Waals surface area contributed by atoms with E-state index in [1.54, 1.807) is 4.90 Å². The Labute approximate surface area is 190 Å². The van der Waals surface area contributed by atoms with Gasteiger partial charge in [0.15, 0.2) is 5.11 Å². The van der Waals surface area contributed by atoms with Gasteiger partial charge in [-0.3, -0.25) is 9.69 Å². The van der Waals surface area contributed by atoms with Crippen LogP contribution in [0.4, 0.5) is 0 Å². The number of hydrogen-bond acceptors (Lipinski definition) is 2. The topological polar surface area (TPSA) is 28.5 Å². The molecule has 2 heterocycles. The molecule has 0 bridgehead atoms. The van der Waals surface area contributed by atoms with Gasteiger partial charge < -0.3 is 9.47 Å². The molecule has 0 aliphatic carbocycles. The van der Waals surface area contributed by atoms with Gasteiger partial charge >= 0.3 is 0 Å². The van der Waals surface area contributed by atoms with Crippen LogP contribution in [-0.2, 0) is 17.8 Å². The summed E-state index contributed by atoms with van der Waals surface area (Å²) in [6, 6.07) is 14.8. The normalized spacial score (nSPS) is 15.8. The number of rotatable bonds is 5. The third-order valence-corrected chi connectivity index (χ3v) is 6.63. The van der Waals surface area contributed by atoms with Crippen LogP contribution in [0.5, 0.6) is 0 Å². The van der Waals surface area contributed by atoms with Crippen molar-refractivity contribution in [3.8, 4) is 0 Å². The minimum Gasteiger partial charge on any atom is -0.342 e. The van der Waals surface area contributed by atoms with Crippen LogP contribution in [0.15, 0.2) is 58.8 Å². The predicted octanol–water partition coefficient (Wildman–Crippen LogP) is 5.43. The van der Waals surface area contributed by atoms with Crippen molar-refractivity contribution in [1.82, 2.24) is 14.4 Å². The highest BCUT2D eigenvalue weighted by Crippen LogP contribution is 2.30. The Morgan fingerprint density at radius 3 is 2.47 bits per heavy atom. The summed E-state index contributed by atoms with van der Waals surface area (Å²) < 4.78 is 3.36. The van der Waals surface area contributed by atoms with Gasteiger partial charge in [-0.25, -0.2) is 0 Å². The molecule has 4 nitrogen and oxygen atoms in total. The molecule has 154 valence electrons. The summed E-state index contributed by atoms with van der Waals surface area (Å²) in [5.41, 5.74) is 5.40. The molecule has 1 fully saturated rings. The number of aromatic nitrogens is 1. The molecule has 4 rings (SSSR count). The number of para-hydroxylation sites is 1. The third kappa shape index (κ3) is 3.59. The molecule has 30 heavy (non-hydrogen) atoms. The van der Waals surface area contributed by atoms with E-state index in [9.17, 15) is 4.79 Å². The molecule has 1 aliphatic heterocycles. The van der Waals surface area contributed by atoms with E-state index in [2.05, 4.69) is 76.1 Å². The third-order valence-electron chi connectivity index (χ3n) is 5.61. The molecule has 0 saturated carbocycles. The first-order valence-corrected chi connectivity index (χ1v) is 11.3. The summed E-state index contributed by atoms with van der Waals surface area (Å²) in [6.45, 7) is 5.46. The number of carbonyl (C=O) groups excluding carboxylic acids is 1.